The number of aliphatic hydroxyl groups excluding tert-OH is 1. The second-order valence-corrected chi connectivity index (χ2v) is 2.31. The first-order valence-corrected chi connectivity index (χ1v) is 3.75. The number of halogens is 1. The molecule has 13 heavy (non-hydrogen) atoms. The summed E-state index contributed by atoms with van der Waals surface area (Å²) in [5.41, 5.74) is 5.21. The van der Waals surface area contributed by atoms with Crippen molar-refractivity contribution in [2.75, 3.05) is 18.9 Å². The van der Waals surface area contributed by atoms with Crippen molar-refractivity contribution in [3.05, 3.63) is 12.0 Å². The van der Waals surface area contributed by atoms with Gasteiger partial charge in [-0.2, -0.15) is 9.37 Å². The van der Waals surface area contributed by atoms with Crippen LogP contribution in [0.25, 0.3) is 0 Å². The number of nitrogens with zero attached hydrogens (tertiary/aromatic N) is 2. The SMILES string of the molecule is Nc1ncc(F)c(OCCCO)n1. The maximum Gasteiger partial charge on any atom is 0.255 e. The molecule has 0 spiro atoms. The van der Waals surface area contributed by atoms with E-state index in [9.17, 15) is 4.39 Å². The molecule has 1 aromatic rings. The van der Waals surface area contributed by atoms with Gasteiger partial charge in [0.2, 0.25) is 11.8 Å². The molecule has 0 fully saturated rings. The van der Waals surface area contributed by atoms with Gasteiger partial charge in [0.25, 0.3) is 5.88 Å². The zero-order valence-electron chi connectivity index (χ0n) is 6.90. The van der Waals surface area contributed by atoms with E-state index in [-0.39, 0.29) is 25.0 Å². The minimum atomic E-state index is -0.660. The lowest BCUT2D eigenvalue weighted by atomic mass is 10.5. The van der Waals surface area contributed by atoms with Crippen LogP contribution in [0, 0.1) is 5.82 Å². The molecule has 0 amide bonds. The quantitative estimate of drug-likeness (QED) is 0.646. The fourth-order valence-electron chi connectivity index (χ4n) is 0.699. The van der Waals surface area contributed by atoms with Gasteiger partial charge in [0, 0.05) is 13.0 Å². The molecule has 0 atom stereocenters. The second-order valence-electron chi connectivity index (χ2n) is 2.31. The van der Waals surface area contributed by atoms with Crippen LogP contribution in [0.5, 0.6) is 5.88 Å². The number of hydrogen-bond donors (Lipinski definition) is 2. The van der Waals surface area contributed by atoms with Crippen LogP contribution in [0.1, 0.15) is 6.42 Å². The molecule has 0 saturated carbocycles. The monoisotopic (exact) mass is 187 g/mol. The van der Waals surface area contributed by atoms with Crippen molar-refractivity contribution in [1.82, 2.24) is 9.97 Å². The number of hydrogen-bond acceptors (Lipinski definition) is 5. The summed E-state index contributed by atoms with van der Waals surface area (Å²) in [5.74, 6) is -0.881. The minimum Gasteiger partial charge on any atom is -0.475 e. The average Bonchev–Trinajstić information content (AvgIpc) is 2.11. The summed E-state index contributed by atoms with van der Waals surface area (Å²) >= 11 is 0. The third-order valence-electron chi connectivity index (χ3n) is 1.27. The Labute approximate surface area is 74.4 Å². The van der Waals surface area contributed by atoms with Gasteiger partial charge >= 0.3 is 0 Å². The van der Waals surface area contributed by atoms with Crippen LogP contribution in [-0.4, -0.2) is 28.3 Å². The molecular weight excluding hydrogens is 177 g/mol. The lowest BCUT2D eigenvalue weighted by Gasteiger charge is -2.04. The van der Waals surface area contributed by atoms with E-state index in [1.165, 1.54) is 0 Å². The van der Waals surface area contributed by atoms with E-state index in [0.717, 1.165) is 6.20 Å². The maximum absolute atomic E-state index is 12.8. The van der Waals surface area contributed by atoms with Crippen LogP contribution in [-0.2, 0) is 0 Å². The maximum atomic E-state index is 12.8. The molecule has 0 aliphatic rings. The highest BCUT2D eigenvalue weighted by molar-refractivity contribution is 5.22. The molecule has 1 heterocycles. The summed E-state index contributed by atoms with van der Waals surface area (Å²) in [7, 11) is 0. The van der Waals surface area contributed by atoms with Crippen molar-refractivity contribution in [1.29, 1.82) is 0 Å². The van der Waals surface area contributed by atoms with Gasteiger partial charge in [0.1, 0.15) is 0 Å². The molecule has 1 aromatic heterocycles. The van der Waals surface area contributed by atoms with E-state index in [0.29, 0.717) is 6.42 Å². The lowest BCUT2D eigenvalue weighted by molar-refractivity contribution is 0.223. The predicted octanol–water partition coefficient (Wildman–Crippen LogP) is -0.0409. The first-order valence-electron chi connectivity index (χ1n) is 3.75. The molecule has 0 unspecified atom stereocenters. The van der Waals surface area contributed by atoms with Gasteiger partial charge in [-0.25, -0.2) is 4.98 Å². The molecule has 3 N–H and O–H groups in total. The summed E-state index contributed by atoms with van der Waals surface area (Å²) in [6, 6.07) is 0. The molecule has 0 radical (unpaired) electrons. The molecule has 0 bridgehead atoms. The highest BCUT2D eigenvalue weighted by Crippen LogP contribution is 2.12. The lowest BCUT2D eigenvalue weighted by Crippen LogP contribution is -2.05. The molecule has 72 valence electrons. The molecule has 5 nitrogen and oxygen atoms in total. The summed E-state index contributed by atoms with van der Waals surface area (Å²) in [4.78, 5) is 6.96. The number of ether oxygens (including phenoxy) is 1. The Balaban J connectivity index is 2.59. The van der Waals surface area contributed by atoms with Gasteiger partial charge in [-0.15, -0.1) is 0 Å². The molecule has 6 heteroatoms. The summed E-state index contributed by atoms with van der Waals surface area (Å²) in [6.45, 7) is 0.187. The van der Waals surface area contributed by atoms with Crippen LogP contribution in [0.2, 0.25) is 0 Å². The molecule has 0 saturated heterocycles. The van der Waals surface area contributed by atoms with Crippen LogP contribution in [0.4, 0.5) is 10.3 Å². The number of nitrogen functional groups attached to an aromatic ring is 1. The van der Waals surface area contributed by atoms with Crippen molar-refractivity contribution < 1.29 is 14.2 Å². The van der Waals surface area contributed by atoms with Crippen molar-refractivity contribution in [3.8, 4) is 5.88 Å². The normalized spacial score (nSPS) is 10.0. The zero-order chi connectivity index (χ0) is 9.68. The molecule has 0 aliphatic heterocycles. The Morgan fingerprint density at radius 2 is 2.38 bits per heavy atom. The van der Waals surface area contributed by atoms with E-state index >= 15 is 0 Å². The first-order chi connectivity index (χ1) is 6.24. The fraction of sp³-hybridized carbons (Fsp3) is 0.429. The number of anilines is 1. The highest BCUT2D eigenvalue weighted by Gasteiger charge is 2.05. The minimum absolute atomic E-state index is 0.0117. The van der Waals surface area contributed by atoms with Crippen molar-refractivity contribution >= 4 is 5.95 Å². The first kappa shape index (κ1) is 9.66. The van der Waals surface area contributed by atoms with Crippen molar-refractivity contribution in [2.45, 2.75) is 6.42 Å². The standard InChI is InChI=1S/C7H10FN3O2/c8-5-4-10-7(9)11-6(5)13-3-1-2-12/h4,12H,1-3H2,(H2,9,10,11). The van der Waals surface area contributed by atoms with Gasteiger partial charge in [-0.05, 0) is 0 Å². The number of nitrogens with two attached hydrogens (primary N) is 1. The predicted molar refractivity (Wildman–Crippen MR) is 43.6 cm³/mol. The van der Waals surface area contributed by atoms with E-state index in [2.05, 4.69) is 9.97 Å². The zero-order valence-corrected chi connectivity index (χ0v) is 6.90. The van der Waals surface area contributed by atoms with Crippen molar-refractivity contribution in [3.63, 3.8) is 0 Å². The molecule has 0 aromatic carbocycles. The van der Waals surface area contributed by atoms with E-state index in [1.54, 1.807) is 0 Å². The third kappa shape index (κ3) is 2.83. The van der Waals surface area contributed by atoms with Crippen LogP contribution in [0.15, 0.2) is 6.20 Å². The van der Waals surface area contributed by atoms with Gasteiger partial charge < -0.3 is 15.6 Å². The number of aromatic nitrogens is 2. The Kier molecular flexibility index (Phi) is 3.39. The Bertz CT molecular complexity index is 282. The summed E-state index contributed by atoms with van der Waals surface area (Å²) in [5, 5.41) is 8.44. The van der Waals surface area contributed by atoms with Gasteiger partial charge in [-0.3, -0.25) is 0 Å². The van der Waals surface area contributed by atoms with Crippen LogP contribution < -0.4 is 10.5 Å². The van der Waals surface area contributed by atoms with Gasteiger partial charge in [0.05, 0.1) is 12.8 Å². The Morgan fingerprint density at radius 1 is 1.62 bits per heavy atom. The smallest absolute Gasteiger partial charge is 0.255 e. The van der Waals surface area contributed by atoms with E-state index < -0.39 is 5.82 Å². The molecular formula is C7H10FN3O2. The van der Waals surface area contributed by atoms with Crippen LogP contribution in [0.3, 0.4) is 0 Å². The highest BCUT2D eigenvalue weighted by atomic mass is 19.1. The molecule has 0 aliphatic carbocycles. The third-order valence-corrected chi connectivity index (χ3v) is 1.27. The topological polar surface area (TPSA) is 81.3 Å². The Morgan fingerprint density at radius 3 is 3.08 bits per heavy atom. The van der Waals surface area contributed by atoms with E-state index in [4.69, 9.17) is 15.6 Å². The van der Waals surface area contributed by atoms with Gasteiger partial charge in [-0.1, -0.05) is 0 Å². The van der Waals surface area contributed by atoms with Gasteiger partial charge in [0.15, 0.2) is 0 Å². The van der Waals surface area contributed by atoms with Crippen LogP contribution >= 0.6 is 0 Å². The average molecular weight is 187 g/mol. The number of aliphatic hydroxyl groups is 1. The second kappa shape index (κ2) is 4.56. The molecule has 1 rings (SSSR count). The Hall–Kier alpha value is -1.43. The summed E-state index contributed by atoms with van der Waals surface area (Å²) in [6.07, 6.45) is 1.36. The largest absolute Gasteiger partial charge is 0.475 e. The van der Waals surface area contributed by atoms with Crippen molar-refractivity contribution in [2.24, 2.45) is 0 Å². The fourth-order valence-corrected chi connectivity index (χ4v) is 0.699. The van der Waals surface area contributed by atoms with E-state index in [1.807, 2.05) is 0 Å². The number of rotatable bonds is 4. The summed E-state index contributed by atoms with van der Waals surface area (Å²) < 4.78 is 17.7.